The van der Waals surface area contributed by atoms with E-state index < -0.39 is 12.0 Å². The summed E-state index contributed by atoms with van der Waals surface area (Å²) in [6.07, 6.45) is 1.71. The minimum absolute atomic E-state index is 0.251. The number of benzene rings is 2. The molecule has 1 aromatic heterocycles. The zero-order valence-corrected chi connectivity index (χ0v) is 26.6. The first kappa shape index (κ1) is 30.6. The van der Waals surface area contributed by atoms with Crippen molar-refractivity contribution < 1.29 is 19.0 Å². The highest BCUT2D eigenvalue weighted by Gasteiger charge is 2.36. The number of carbonyl (C=O) groups excluding carboxylic acids is 1. The van der Waals surface area contributed by atoms with Gasteiger partial charge in [-0.1, -0.05) is 54.9 Å². The Hall–Kier alpha value is -2.40. The summed E-state index contributed by atoms with van der Waals surface area (Å²) in [5, 5.41) is 9.58. The van der Waals surface area contributed by atoms with Crippen molar-refractivity contribution in [1.29, 1.82) is 0 Å². The minimum Gasteiger partial charge on any atom is -0.490 e. The number of ether oxygens (including phenoxy) is 3. The number of fused-ring (bicyclic) bond motifs is 1. The fourth-order valence-electron chi connectivity index (χ4n) is 4.16. The van der Waals surface area contributed by atoms with Crippen molar-refractivity contribution in [2.45, 2.75) is 58.3 Å². The smallest absolute Gasteiger partial charge is 0.338 e. The summed E-state index contributed by atoms with van der Waals surface area (Å²) in [7, 11) is 0. The maximum Gasteiger partial charge on any atom is 0.338 e. The van der Waals surface area contributed by atoms with Crippen LogP contribution in [0.4, 0.5) is 5.95 Å². The third kappa shape index (κ3) is 6.90. The number of thioether (sulfide) groups is 1. The van der Waals surface area contributed by atoms with Gasteiger partial charge in [-0.05, 0) is 78.0 Å². The average molecular weight is 670 g/mol. The van der Waals surface area contributed by atoms with Gasteiger partial charge in [-0.15, -0.1) is 5.10 Å². The van der Waals surface area contributed by atoms with E-state index >= 15 is 0 Å². The predicted octanol–water partition coefficient (Wildman–Crippen LogP) is 8.07. The van der Waals surface area contributed by atoms with E-state index in [4.69, 9.17) is 42.5 Å². The second-order valence-corrected chi connectivity index (χ2v) is 11.7. The number of hydrogen-bond acceptors (Lipinski definition) is 8. The third-order valence-corrected chi connectivity index (χ3v) is 8.31. The molecule has 1 N–H and O–H groups in total. The van der Waals surface area contributed by atoms with Gasteiger partial charge in [-0.25, -0.2) is 9.48 Å². The normalized spacial score (nSPS) is 14.5. The fraction of sp³-hybridized carbons (Fsp3) is 0.393. The first-order valence-electron chi connectivity index (χ1n) is 13.0. The van der Waals surface area contributed by atoms with E-state index in [-0.39, 0.29) is 6.61 Å². The molecule has 0 saturated carbocycles. The highest BCUT2D eigenvalue weighted by atomic mass is 79.9. The number of nitrogens with zero attached hydrogens (tertiary/aromatic N) is 3. The van der Waals surface area contributed by atoms with Crippen molar-refractivity contribution in [3.05, 3.63) is 67.2 Å². The zero-order valence-electron chi connectivity index (χ0n) is 22.7. The van der Waals surface area contributed by atoms with Gasteiger partial charge >= 0.3 is 5.97 Å². The van der Waals surface area contributed by atoms with Gasteiger partial charge in [0.2, 0.25) is 11.1 Å². The monoisotopic (exact) mass is 668 g/mol. The van der Waals surface area contributed by atoms with E-state index in [1.165, 1.54) is 0 Å². The minimum atomic E-state index is -0.594. The molecule has 0 aliphatic carbocycles. The van der Waals surface area contributed by atoms with Gasteiger partial charge in [0.15, 0.2) is 11.5 Å². The number of allylic oxidation sites excluding steroid dienone is 1. The molecule has 8 nitrogen and oxygen atoms in total. The van der Waals surface area contributed by atoms with Crippen LogP contribution in [-0.2, 0) is 16.1 Å². The Kier molecular flexibility index (Phi) is 10.7. The summed E-state index contributed by atoms with van der Waals surface area (Å²) in [6.45, 7) is 8.80. The van der Waals surface area contributed by atoms with Gasteiger partial charge in [0, 0.05) is 11.4 Å². The number of hydrogen-bond donors (Lipinski definition) is 1. The molecule has 0 radical (unpaired) electrons. The van der Waals surface area contributed by atoms with Gasteiger partial charge < -0.3 is 19.5 Å². The molecule has 1 unspecified atom stereocenters. The molecular weight excluding hydrogens is 639 g/mol. The number of rotatable bonds is 12. The van der Waals surface area contributed by atoms with E-state index in [1.807, 2.05) is 39.0 Å². The lowest BCUT2D eigenvalue weighted by Gasteiger charge is -2.29. The van der Waals surface area contributed by atoms with Crippen LogP contribution in [0, 0.1) is 0 Å². The zero-order chi connectivity index (χ0) is 28.8. The highest BCUT2D eigenvalue weighted by molar-refractivity contribution is 9.10. The van der Waals surface area contributed by atoms with Crippen LogP contribution in [0.3, 0.4) is 0 Å². The Balaban J connectivity index is 1.76. The van der Waals surface area contributed by atoms with E-state index in [1.54, 1.807) is 28.6 Å². The van der Waals surface area contributed by atoms with Gasteiger partial charge in [-0.2, -0.15) is 4.98 Å². The Morgan fingerprint density at radius 3 is 2.62 bits per heavy atom. The number of nitrogens with one attached hydrogen (secondary N) is 1. The van der Waals surface area contributed by atoms with Crippen LogP contribution in [0.15, 0.2) is 51.2 Å². The highest BCUT2D eigenvalue weighted by Crippen LogP contribution is 2.44. The molecule has 2 heterocycles. The lowest BCUT2D eigenvalue weighted by molar-refractivity contribution is -0.139. The summed E-state index contributed by atoms with van der Waals surface area (Å²) in [6, 6.07) is 8.55. The molecule has 40 heavy (non-hydrogen) atoms. The maximum atomic E-state index is 13.3. The van der Waals surface area contributed by atoms with E-state index in [2.05, 4.69) is 33.2 Å². The quantitative estimate of drug-likeness (QED) is 0.153. The summed E-state index contributed by atoms with van der Waals surface area (Å²) < 4.78 is 20.2. The Morgan fingerprint density at radius 1 is 1.12 bits per heavy atom. The Labute approximate surface area is 256 Å². The molecule has 0 spiro atoms. The maximum absolute atomic E-state index is 13.3. The van der Waals surface area contributed by atoms with Crippen LogP contribution < -0.4 is 14.8 Å². The van der Waals surface area contributed by atoms with E-state index in [0.717, 1.165) is 23.3 Å². The fourth-order valence-corrected chi connectivity index (χ4v) is 5.74. The van der Waals surface area contributed by atoms with Crippen LogP contribution in [0.25, 0.3) is 0 Å². The van der Waals surface area contributed by atoms with Crippen molar-refractivity contribution >= 4 is 62.8 Å². The molecule has 3 aromatic rings. The Morgan fingerprint density at radius 2 is 1.93 bits per heavy atom. The van der Waals surface area contributed by atoms with Gasteiger partial charge in [0.05, 0.1) is 33.3 Å². The second kappa shape index (κ2) is 14.0. The summed E-state index contributed by atoms with van der Waals surface area (Å²) in [5.74, 6) is 2.08. The van der Waals surface area contributed by atoms with Gasteiger partial charge in [0.25, 0.3) is 0 Å². The lowest BCUT2D eigenvalue weighted by atomic mass is 9.95. The van der Waals surface area contributed by atoms with Crippen LogP contribution >= 0.6 is 50.9 Å². The number of halogens is 3. The van der Waals surface area contributed by atoms with Crippen molar-refractivity contribution in [2.24, 2.45) is 0 Å². The third-order valence-electron chi connectivity index (χ3n) is 5.94. The molecule has 1 atom stereocenters. The molecular formula is C28H31BrCl2N4O4S. The van der Waals surface area contributed by atoms with Crippen LogP contribution in [0.2, 0.25) is 10.0 Å². The second-order valence-electron chi connectivity index (χ2n) is 9.01. The summed E-state index contributed by atoms with van der Waals surface area (Å²) >= 11 is 17.5. The molecule has 4 rings (SSSR count). The molecule has 1 aliphatic rings. The van der Waals surface area contributed by atoms with Gasteiger partial charge in [-0.3, -0.25) is 0 Å². The predicted molar refractivity (Wildman–Crippen MR) is 163 cm³/mol. The van der Waals surface area contributed by atoms with Crippen molar-refractivity contribution in [3.8, 4) is 11.5 Å². The van der Waals surface area contributed by atoms with Crippen LogP contribution in [0.1, 0.15) is 57.7 Å². The van der Waals surface area contributed by atoms with Crippen LogP contribution in [0.5, 0.6) is 11.5 Å². The average Bonchev–Trinajstić information content (AvgIpc) is 3.33. The molecule has 1 aliphatic heterocycles. The molecule has 0 fully saturated rings. The molecule has 214 valence electrons. The Bertz CT molecular complexity index is 1420. The molecule has 2 aromatic carbocycles. The number of esters is 1. The molecule has 12 heteroatoms. The molecule has 0 saturated heterocycles. The summed E-state index contributed by atoms with van der Waals surface area (Å²) in [4.78, 5) is 18.0. The standard InChI is InChI=1S/C28H31BrCl2N4O4S/c1-5-10-38-26(36)23-16(4)32-27-33-28(40-11-6-2)34-35(27)24(23)18-13-19(29)25(22(14-18)37-7-3)39-15-17-8-9-20(30)21(31)12-17/h8-9,12-14,24H,5-7,10-11,15H2,1-4H3,(H,32,33,34). The first-order valence-corrected chi connectivity index (χ1v) is 15.6. The van der Waals surface area contributed by atoms with Gasteiger partial charge in [0.1, 0.15) is 12.6 Å². The summed E-state index contributed by atoms with van der Waals surface area (Å²) in [5.41, 5.74) is 2.73. The van der Waals surface area contributed by atoms with Crippen molar-refractivity contribution in [2.75, 3.05) is 24.3 Å². The number of carbonyl (C=O) groups is 1. The SMILES string of the molecule is CCCOC(=O)C1=C(C)Nc2nc(SCCC)nn2C1c1cc(Br)c(OCc2ccc(Cl)c(Cl)c2)c(OCC)c1. The largest absolute Gasteiger partial charge is 0.490 e. The van der Waals surface area contributed by atoms with Crippen molar-refractivity contribution in [1.82, 2.24) is 14.8 Å². The molecule has 0 bridgehead atoms. The van der Waals surface area contributed by atoms with Crippen LogP contribution in [-0.4, -0.2) is 39.7 Å². The van der Waals surface area contributed by atoms with E-state index in [9.17, 15) is 4.79 Å². The topological polar surface area (TPSA) is 87.5 Å². The first-order chi connectivity index (χ1) is 19.3. The lowest BCUT2D eigenvalue weighted by Crippen LogP contribution is -2.30. The van der Waals surface area contributed by atoms with E-state index in [0.29, 0.717) is 68.0 Å². The molecule has 0 amide bonds. The number of anilines is 1. The van der Waals surface area contributed by atoms with Crippen molar-refractivity contribution in [3.63, 3.8) is 0 Å². The number of aromatic nitrogens is 3.